The van der Waals surface area contributed by atoms with Crippen LogP contribution in [0.5, 0.6) is 0 Å². The molecular formula is C26H24O. The fourth-order valence-corrected chi connectivity index (χ4v) is 3.75. The van der Waals surface area contributed by atoms with Gasteiger partial charge in [-0.15, -0.1) is 0 Å². The molecule has 0 unspecified atom stereocenters. The normalized spacial score (nSPS) is 14.2. The van der Waals surface area contributed by atoms with E-state index in [1.165, 1.54) is 11.1 Å². The molecule has 1 aliphatic rings. The number of carbonyl (C=O) groups excluding carboxylic acids is 1. The second-order valence-corrected chi connectivity index (χ2v) is 8.19. The van der Waals surface area contributed by atoms with Crippen molar-refractivity contribution in [2.24, 2.45) is 5.41 Å². The molecule has 4 rings (SSSR count). The summed E-state index contributed by atoms with van der Waals surface area (Å²) in [6.45, 7) is 6.69. The quantitative estimate of drug-likeness (QED) is 0.472. The first-order valence-corrected chi connectivity index (χ1v) is 9.48. The fourth-order valence-electron chi connectivity index (χ4n) is 3.75. The van der Waals surface area contributed by atoms with E-state index in [0.717, 1.165) is 33.9 Å². The molecule has 1 nitrogen and oxygen atoms in total. The molecule has 0 bridgehead atoms. The molecule has 0 spiro atoms. The molecule has 3 aromatic carbocycles. The van der Waals surface area contributed by atoms with Gasteiger partial charge in [0, 0.05) is 11.1 Å². The van der Waals surface area contributed by atoms with Gasteiger partial charge in [0.25, 0.3) is 0 Å². The SMILES string of the molecule is CC(C)(C)C1=CCC(c2ccc3ccccc3c2C(=O)c2ccccc2)=C1. The van der Waals surface area contributed by atoms with Gasteiger partial charge >= 0.3 is 0 Å². The van der Waals surface area contributed by atoms with Gasteiger partial charge < -0.3 is 0 Å². The third-order valence-electron chi connectivity index (χ3n) is 5.28. The van der Waals surface area contributed by atoms with E-state index in [1.807, 2.05) is 42.5 Å². The van der Waals surface area contributed by atoms with E-state index in [-0.39, 0.29) is 11.2 Å². The van der Waals surface area contributed by atoms with Crippen LogP contribution < -0.4 is 0 Å². The van der Waals surface area contributed by atoms with Crippen molar-refractivity contribution < 1.29 is 4.79 Å². The molecule has 0 saturated heterocycles. The van der Waals surface area contributed by atoms with E-state index in [2.05, 4.69) is 57.2 Å². The third-order valence-corrected chi connectivity index (χ3v) is 5.28. The highest BCUT2D eigenvalue weighted by Crippen LogP contribution is 2.39. The number of allylic oxidation sites excluding steroid dienone is 4. The van der Waals surface area contributed by atoms with Crippen LogP contribution in [0.3, 0.4) is 0 Å². The van der Waals surface area contributed by atoms with Gasteiger partial charge in [0.1, 0.15) is 0 Å². The minimum atomic E-state index is 0.0903. The maximum absolute atomic E-state index is 13.5. The molecule has 134 valence electrons. The monoisotopic (exact) mass is 352 g/mol. The van der Waals surface area contributed by atoms with Gasteiger partial charge in [-0.2, -0.15) is 0 Å². The molecule has 0 aromatic heterocycles. The van der Waals surface area contributed by atoms with Crippen LogP contribution in [0.15, 0.2) is 84.5 Å². The summed E-state index contributed by atoms with van der Waals surface area (Å²) in [7, 11) is 0. The summed E-state index contributed by atoms with van der Waals surface area (Å²) < 4.78 is 0. The van der Waals surface area contributed by atoms with Gasteiger partial charge in [-0.05, 0) is 39.3 Å². The molecule has 0 N–H and O–H groups in total. The maximum Gasteiger partial charge on any atom is 0.194 e. The maximum atomic E-state index is 13.5. The molecule has 0 heterocycles. The molecular weight excluding hydrogens is 328 g/mol. The molecule has 0 atom stereocenters. The van der Waals surface area contributed by atoms with Crippen LogP contribution >= 0.6 is 0 Å². The zero-order chi connectivity index (χ0) is 19.0. The number of ketones is 1. The molecule has 0 fully saturated rings. The average Bonchev–Trinajstić information content (AvgIpc) is 3.18. The van der Waals surface area contributed by atoms with Crippen LogP contribution in [0.1, 0.15) is 48.7 Å². The lowest BCUT2D eigenvalue weighted by Crippen LogP contribution is -2.07. The van der Waals surface area contributed by atoms with E-state index in [9.17, 15) is 4.79 Å². The van der Waals surface area contributed by atoms with Crippen molar-refractivity contribution in [3.63, 3.8) is 0 Å². The summed E-state index contributed by atoms with van der Waals surface area (Å²) in [6.07, 6.45) is 5.44. The second kappa shape index (κ2) is 6.66. The van der Waals surface area contributed by atoms with Crippen LogP contribution in [0.25, 0.3) is 16.3 Å². The Bertz CT molecular complexity index is 1080. The van der Waals surface area contributed by atoms with E-state index < -0.39 is 0 Å². The van der Waals surface area contributed by atoms with Gasteiger partial charge in [-0.1, -0.05) is 99.7 Å². The Labute approximate surface area is 161 Å². The second-order valence-electron chi connectivity index (χ2n) is 8.19. The summed E-state index contributed by atoms with van der Waals surface area (Å²) in [5, 5.41) is 2.12. The molecule has 0 saturated carbocycles. The van der Waals surface area contributed by atoms with Crippen molar-refractivity contribution in [1.29, 1.82) is 0 Å². The predicted molar refractivity (Wildman–Crippen MR) is 114 cm³/mol. The van der Waals surface area contributed by atoms with Crippen LogP contribution in [0.4, 0.5) is 0 Å². The van der Waals surface area contributed by atoms with Crippen molar-refractivity contribution in [3.8, 4) is 0 Å². The summed E-state index contributed by atoms with van der Waals surface area (Å²) in [5.74, 6) is 0.0903. The van der Waals surface area contributed by atoms with Crippen LogP contribution in [0, 0.1) is 5.41 Å². The standard InChI is InChI=1S/C26H24O/c1-26(2,3)21-15-13-20(17-21)23-16-14-18-9-7-8-12-22(18)24(23)25(27)19-10-5-4-6-11-19/h4-12,14-17H,13H2,1-3H3. The Morgan fingerprint density at radius 3 is 2.26 bits per heavy atom. The molecule has 3 aromatic rings. The lowest BCUT2D eigenvalue weighted by atomic mass is 9.86. The zero-order valence-electron chi connectivity index (χ0n) is 16.1. The van der Waals surface area contributed by atoms with Gasteiger partial charge in [0.05, 0.1) is 0 Å². The summed E-state index contributed by atoms with van der Waals surface area (Å²) in [6, 6.07) is 22.0. The highest BCUT2D eigenvalue weighted by Gasteiger charge is 2.24. The Morgan fingerprint density at radius 2 is 1.56 bits per heavy atom. The first-order chi connectivity index (χ1) is 12.9. The van der Waals surface area contributed by atoms with Crippen molar-refractivity contribution in [2.45, 2.75) is 27.2 Å². The van der Waals surface area contributed by atoms with Crippen molar-refractivity contribution in [3.05, 3.63) is 101 Å². The van der Waals surface area contributed by atoms with E-state index in [4.69, 9.17) is 0 Å². The van der Waals surface area contributed by atoms with Crippen molar-refractivity contribution >= 4 is 22.1 Å². The lowest BCUT2D eigenvalue weighted by molar-refractivity contribution is 0.104. The minimum absolute atomic E-state index is 0.0903. The van der Waals surface area contributed by atoms with Gasteiger partial charge in [0.2, 0.25) is 0 Å². The highest BCUT2D eigenvalue weighted by atomic mass is 16.1. The van der Waals surface area contributed by atoms with E-state index >= 15 is 0 Å². The molecule has 0 amide bonds. The first kappa shape index (κ1) is 17.5. The largest absolute Gasteiger partial charge is 0.289 e. The van der Waals surface area contributed by atoms with Gasteiger partial charge in [0.15, 0.2) is 5.78 Å². The first-order valence-electron chi connectivity index (χ1n) is 9.48. The Kier molecular flexibility index (Phi) is 4.31. The van der Waals surface area contributed by atoms with Gasteiger partial charge in [-0.25, -0.2) is 0 Å². The van der Waals surface area contributed by atoms with Crippen molar-refractivity contribution in [2.75, 3.05) is 0 Å². The lowest BCUT2D eigenvalue weighted by Gasteiger charge is -2.18. The van der Waals surface area contributed by atoms with E-state index in [0.29, 0.717) is 0 Å². The predicted octanol–water partition coefficient (Wildman–Crippen LogP) is 6.83. The number of carbonyl (C=O) groups is 1. The van der Waals surface area contributed by atoms with E-state index in [1.54, 1.807) is 0 Å². The number of fused-ring (bicyclic) bond motifs is 1. The number of hydrogen-bond donors (Lipinski definition) is 0. The smallest absolute Gasteiger partial charge is 0.194 e. The Hall–Kier alpha value is -2.93. The number of hydrogen-bond acceptors (Lipinski definition) is 1. The average molecular weight is 352 g/mol. The van der Waals surface area contributed by atoms with Crippen LogP contribution in [0.2, 0.25) is 0 Å². The summed E-state index contributed by atoms with van der Waals surface area (Å²) >= 11 is 0. The fraction of sp³-hybridized carbons (Fsp3) is 0.192. The third kappa shape index (κ3) is 3.26. The molecule has 0 radical (unpaired) electrons. The molecule has 1 heteroatoms. The summed E-state index contributed by atoms with van der Waals surface area (Å²) in [4.78, 5) is 13.5. The molecule has 1 aliphatic carbocycles. The molecule has 0 aliphatic heterocycles. The number of benzene rings is 3. The number of rotatable bonds is 3. The summed E-state index contributed by atoms with van der Waals surface area (Å²) in [5.41, 5.74) is 5.28. The minimum Gasteiger partial charge on any atom is -0.289 e. The van der Waals surface area contributed by atoms with Crippen LogP contribution in [-0.4, -0.2) is 5.78 Å². The Balaban J connectivity index is 1.91. The van der Waals surface area contributed by atoms with Crippen molar-refractivity contribution in [1.82, 2.24) is 0 Å². The highest BCUT2D eigenvalue weighted by molar-refractivity contribution is 6.19. The topological polar surface area (TPSA) is 17.1 Å². The van der Waals surface area contributed by atoms with Gasteiger partial charge in [-0.3, -0.25) is 4.79 Å². The zero-order valence-corrected chi connectivity index (χ0v) is 16.1. The molecule has 27 heavy (non-hydrogen) atoms. The van der Waals surface area contributed by atoms with Crippen LogP contribution in [-0.2, 0) is 0 Å². The Morgan fingerprint density at radius 1 is 0.852 bits per heavy atom.